The molecule has 17 heavy (non-hydrogen) atoms. The van der Waals surface area contributed by atoms with E-state index in [4.69, 9.17) is 0 Å². The van der Waals surface area contributed by atoms with E-state index < -0.39 is 0 Å². The van der Waals surface area contributed by atoms with Crippen molar-refractivity contribution in [1.82, 2.24) is 15.1 Å². The van der Waals surface area contributed by atoms with E-state index in [1.165, 1.54) is 17.8 Å². The molecule has 1 aromatic rings. The Morgan fingerprint density at radius 1 is 1.41 bits per heavy atom. The summed E-state index contributed by atoms with van der Waals surface area (Å²) in [6.07, 6.45) is 3.24. The summed E-state index contributed by atoms with van der Waals surface area (Å²) >= 11 is 0. The van der Waals surface area contributed by atoms with Gasteiger partial charge in [-0.05, 0) is 31.4 Å². The lowest BCUT2D eigenvalue weighted by molar-refractivity contribution is 0.313. The zero-order chi connectivity index (χ0) is 13.1. The molecular weight excluding hydrogens is 210 g/mol. The van der Waals surface area contributed by atoms with Gasteiger partial charge in [0.15, 0.2) is 0 Å². The third-order valence-corrected chi connectivity index (χ3v) is 3.11. The fraction of sp³-hybridized carbons (Fsp3) is 0.786. The van der Waals surface area contributed by atoms with Gasteiger partial charge in [-0.3, -0.25) is 4.68 Å². The number of nitrogens with one attached hydrogen (secondary N) is 1. The number of aromatic nitrogens is 2. The highest BCUT2D eigenvalue weighted by molar-refractivity contribution is 5.11. The Kier molecular flexibility index (Phi) is 4.75. The van der Waals surface area contributed by atoms with Gasteiger partial charge < -0.3 is 5.32 Å². The highest BCUT2D eigenvalue weighted by atomic mass is 15.3. The van der Waals surface area contributed by atoms with Gasteiger partial charge in [-0.2, -0.15) is 5.10 Å². The molecule has 1 atom stereocenters. The molecule has 0 fully saturated rings. The van der Waals surface area contributed by atoms with Crippen LogP contribution in [0.4, 0.5) is 0 Å². The molecule has 0 aliphatic carbocycles. The number of rotatable bonds is 5. The SMILES string of the molecule is CCc1cc(CC(CC(C)(C)C)NC)n(C)n1. The van der Waals surface area contributed by atoms with Crippen molar-refractivity contribution in [2.75, 3.05) is 7.05 Å². The maximum Gasteiger partial charge on any atom is 0.0624 e. The van der Waals surface area contributed by atoms with E-state index >= 15 is 0 Å². The van der Waals surface area contributed by atoms with Crippen molar-refractivity contribution in [2.24, 2.45) is 12.5 Å². The topological polar surface area (TPSA) is 29.9 Å². The Morgan fingerprint density at radius 2 is 2.06 bits per heavy atom. The number of hydrogen-bond donors (Lipinski definition) is 1. The summed E-state index contributed by atoms with van der Waals surface area (Å²) in [7, 11) is 4.09. The first kappa shape index (κ1) is 14.2. The average Bonchev–Trinajstić information content (AvgIpc) is 2.56. The fourth-order valence-corrected chi connectivity index (χ4v) is 2.20. The summed E-state index contributed by atoms with van der Waals surface area (Å²) in [5, 5.41) is 7.92. The summed E-state index contributed by atoms with van der Waals surface area (Å²) in [5.41, 5.74) is 2.87. The molecule has 0 aliphatic rings. The van der Waals surface area contributed by atoms with Crippen molar-refractivity contribution >= 4 is 0 Å². The van der Waals surface area contributed by atoms with Crippen LogP contribution in [0.25, 0.3) is 0 Å². The third-order valence-electron chi connectivity index (χ3n) is 3.11. The van der Waals surface area contributed by atoms with Gasteiger partial charge in [-0.15, -0.1) is 0 Å². The van der Waals surface area contributed by atoms with E-state index in [1.807, 2.05) is 18.8 Å². The summed E-state index contributed by atoms with van der Waals surface area (Å²) in [5.74, 6) is 0. The van der Waals surface area contributed by atoms with Crippen LogP contribution >= 0.6 is 0 Å². The molecule has 0 amide bonds. The van der Waals surface area contributed by atoms with Crippen LogP contribution in [-0.4, -0.2) is 22.9 Å². The fourth-order valence-electron chi connectivity index (χ4n) is 2.20. The minimum atomic E-state index is 0.361. The van der Waals surface area contributed by atoms with Crippen LogP contribution in [0.2, 0.25) is 0 Å². The van der Waals surface area contributed by atoms with Crippen LogP contribution in [0.15, 0.2) is 6.07 Å². The molecule has 0 radical (unpaired) electrons. The lowest BCUT2D eigenvalue weighted by Crippen LogP contribution is -2.32. The molecule has 0 bridgehead atoms. The van der Waals surface area contributed by atoms with E-state index in [2.05, 4.69) is 44.2 Å². The minimum absolute atomic E-state index is 0.361. The predicted octanol–water partition coefficient (Wildman–Crippen LogP) is 2.55. The molecular formula is C14H27N3. The van der Waals surface area contributed by atoms with Crippen LogP contribution in [-0.2, 0) is 19.9 Å². The number of likely N-dealkylation sites (N-methyl/N-ethyl adjacent to an activating group) is 1. The molecule has 1 N–H and O–H groups in total. The van der Waals surface area contributed by atoms with E-state index in [1.54, 1.807) is 0 Å². The smallest absolute Gasteiger partial charge is 0.0624 e. The van der Waals surface area contributed by atoms with Gasteiger partial charge in [-0.1, -0.05) is 27.7 Å². The first-order valence-corrected chi connectivity index (χ1v) is 6.54. The molecule has 0 aliphatic heterocycles. The van der Waals surface area contributed by atoms with E-state index in [0.29, 0.717) is 11.5 Å². The highest BCUT2D eigenvalue weighted by Crippen LogP contribution is 2.22. The van der Waals surface area contributed by atoms with Gasteiger partial charge >= 0.3 is 0 Å². The summed E-state index contributed by atoms with van der Waals surface area (Å²) in [6, 6.07) is 2.75. The second kappa shape index (κ2) is 5.67. The lowest BCUT2D eigenvalue weighted by atomic mass is 9.86. The molecule has 98 valence electrons. The summed E-state index contributed by atoms with van der Waals surface area (Å²) in [6.45, 7) is 9.02. The van der Waals surface area contributed by atoms with Gasteiger partial charge in [0.2, 0.25) is 0 Å². The molecule has 0 saturated carbocycles. The first-order chi connectivity index (χ1) is 7.85. The Labute approximate surface area is 106 Å². The standard InChI is InChI=1S/C14H27N3/c1-7-11-8-13(17(6)16-11)9-12(15-5)10-14(2,3)4/h8,12,15H,7,9-10H2,1-6H3. The lowest BCUT2D eigenvalue weighted by Gasteiger charge is -2.25. The maximum atomic E-state index is 4.50. The normalized spacial score (nSPS) is 14.0. The van der Waals surface area contributed by atoms with Crippen LogP contribution in [0, 0.1) is 5.41 Å². The largest absolute Gasteiger partial charge is 0.317 e. The molecule has 0 aromatic carbocycles. The Balaban J connectivity index is 2.70. The Morgan fingerprint density at radius 3 is 2.47 bits per heavy atom. The van der Waals surface area contributed by atoms with Crippen molar-refractivity contribution in [3.05, 3.63) is 17.5 Å². The minimum Gasteiger partial charge on any atom is -0.317 e. The van der Waals surface area contributed by atoms with Crippen molar-refractivity contribution in [3.8, 4) is 0 Å². The molecule has 0 spiro atoms. The Bertz CT molecular complexity index is 347. The van der Waals surface area contributed by atoms with Crippen molar-refractivity contribution < 1.29 is 0 Å². The second-order valence-corrected chi connectivity index (χ2v) is 6.06. The molecule has 1 rings (SSSR count). The van der Waals surface area contributed by atoms with Crippen LogP contribution in [0.5, 0.6) is 0 Å². The number of aryl methyl sites for hydroxylation is 2. The summed E-state index contributed by atoms with van der Waals surface area (Å²) in [4.78, 5) is 0. The van der Waals surface area contributed by atoms with Gasteiger partial charge in [0, 0.05) is 25.2 Å². The van der Waals surface area contributed by atoms with E-state index in [0.717, 1.165) is 12.8 Å². The van der Waals surface area contributed by atoms with Gasteiger partial charge in [0.1, 0.15) is 0 Å². The number of hydrogen-bond acceptors (Lipinski definition) is 2. The van der Waals surface area contributed by atoms with Gasteiger partial charge in [0.25, 0.3) is 0 Å². The van der Waals surface area contributed by atoms with E-state index in [9.17, 15) is 0 Å². The zero-order valence-corrected chi connectivity index (χ0v) is 12.2. The first-order valence-electron chi connectivity index (χ1n) is 6.54. The van der Waals surface area contributed by atoms with Crippen molar-refractivity contribution in [1.29, 1.82) is 0 Å². The molecule has 1 unspecified atom stereocenters. The van der Waals surface area contributed by atoms with Crippen LogP contribution in [0.3, 0.4) is 0 Å². The van der Waals surface area contributed by atoms with Crippen LogP contribution in [0.1, 0.15) is 45.5 Å². The van der Waals surface area contributed by atoms with Gasteiger partial charge in [-0.25, -0.2) is 0 Å². The molecule has 0 saturated heterocycles. The Hall–Kier alpha value is -0.830. The predicted molar refractivity (Wildman–Crippen MR) is 73.2 cm³/mol. The van der Waals surface area contributed by atoms with Gasteiger partial charge in [0.05, 0.1) is 5.69 Å². The molecule has 3 nitrogen and oxygen atoms in total. The third kappa shape index (κ3) is 4.50. The van der Waals surface area contributed by atoms with Crippen LogP contribution < -0.4 is 5.32 Å². The van der Waals surface area contributed by atoms with Crippen molar-refractivity contribution in [3.63, 3.8) is 0 Å². The molecule has 3 heteroatoms. The second-order valence-electron chi connectivity index (χ2n) is 6.06. The van der Waals surface area contributed by atoms with Crippen molar-refractivity contribution in [2.45, 2.75) is 53.0 Å². The highest BCUT2D eigenvalue weighted by Gasteiger charge is 2.19. The monoisotopic (exact) mass is 237 g/mol. The maximum absolute atomic E-state index is 4.50. The van der Waals surface area contributed by atoms with E-state index in [-0.39, 0.29) is 0 Å². The molecule has 1 aromatic heterocycles. The number of nitrogens with zero attached hydrogens (tertiary/aromatic N) is 2. The zero-order valence-electron chi connectivity index (χ0n) is 12.2. The average molecular weight is 237 g/mol. The summed E-state index contributed by atoms with van der Waals surface area (Å²) < 4.78 is 2.02. The quantitative estimate of drug-likeness (QED) is 0.853. The molecule has 1 heterocycles.